The average Bonchev–Trinajstić information content (AvgIpc) is 2.94. The summed E-state index contributed by atoms with van der Waals surface area (Å²) in [7, 11) is 0. The number of urea groups is 1. The number of carbonyl (C=O) groups excluding carboxylic acids is 1. The lowest BCUT2D eigenvalue weighted by molar-refractivity contribution is -0.140. The van der Waals surface area contributed by atoms with Crippen molar-refractivity contribution in [3.63, 3.8) is 0 Å². The molecule has 0 unspecified atom stereocenters. The first kappa shape index (κ1) is 13.5. The Kier molecular flexibility index (Phi) is 4.36. The molecule has 0 aromatic carbocycles. The van der Waals surface area contributed by atoms with E-state index in [-0.39, 0.29) is 6.03 Å². The van der Waals surface area contributed by atoms with E-state index >= 15 is 0 Å². The van der Waals surface area contributed by atoms with E-state index in [1.165, 1.54) is 28.0 Å². The number of thioether (sulfide) groups is 1. The van der Waals surface area contributed by atoms with Crippen molar-refractivity contribution in [1.82, 2.24) is 10.2 Å². The van der Waals surface area contributed by atoms with E-state index in [1.807, 2.05) is 6.07 Å². The maximum absolute atomic E-state index is 11.9. The minimum Gasteiger partial charge on any atom is -0.480 e. The lowest BCUT2D eigenvalue weighted by atomic mass is 10.3. The Balaban J connectivity index is 1.89. The van der Waals surface area contributed by atoms with E-state index in [0.29, 0.717) is 22.5 Å². The van der Waals surface area contributed by atoms with Crippen molar-refractivity contribution in [3.05, 3.63) is 21.3 Å². The number of carboxylic acids is 1. The minimum absolute atomic E-state index is 0.350. The summed E-state index contributed by atoms with van der Waals surface area (Å²) in [5.74, 6) is -0.115. The summed E-state index contributed by atoms with van der Waals surface area (Å²) < 4.78 is 0.666. The van der Waals surface area contributed by atoms with E-state index in [9.17, 15) is 9.59 Å². The summed E-state index contributed by atoms with van der Waals surface area (Å²) in [6, 6.07) is 2.51. The summed E-state index contributed by atoms with van der Waals surface area (Å²) in [6.07, 6.45) is 0. The number of thiophene rings is 1. The van der Waals surface area contributed by atoms with Crippen LogP contribution < -0.4 is 5.32 Å². The molecule has 1 aromatic heterocycles. The van der Waals surface area contributed by atoms with Gasteiger partial charge in [-0.3, -0.25) is 0 Å². The molecular formula is C10H11ClN2O3S2. The molecule has 1 saturated heterocycles. The van der Waals surface area contributed by atoms with Gasteiger partial charge < -0.3 is 15.3 Å². The van der Waals surface area contributed by atoms with E-state index < -0.39 is 12.0 Å². The van der Waals surface area contributed by atoms with Gasteiger partial charge in [0.25, 0.3) is 0 Å². The standard InChI is InChI=1S/C10H11ClN2O3S2/c11-8-2-1-6(18-8)3-12-10(16)13-5-17-4-7(13)9(14)15/h1-2,7H,3-5H2,(H,12,16)(H,14,15)/t7-/m0/s1. The largest absolute Gasteiger partial charge is 0.480 e. The summed E-state index contributed by atoms with van der Waals surface area (Å²) in [4.78, 5) is 25.1. The van der Waals surface area contributed by atoms with Crippen LogP contribution in [0.1, 0.15) is 4.88 Å². The van der Waals surface area contributed by atoms with Gasteiger partial charge in [0.05, 0.1) is 16.8 Å². The Morgan fingerprint density at radius 1 is 1.56 bits per heavy atom. The number of amides is 2. The topological polar surface area (TPSA) is 69.6 Å². The van der Waals surface area contributed by atoms with E-state index in [2.05, 4.69) is 5.32 Å². The number of rotatable bonds is 3. The van der Waals surface area contributed by atoms with Crippen molar-refractivity contribution in [1.29, 1.82) is 0 Å². The van der Waals surface area contributed by atoms with Crippen LogP contribution in [0.25, 0.3) is 0 Å². The fourth-order valence-electron chi connectivity index (χ4n) is 1.56. The van der Waals surface area contributed by atoms with E-state index in [0.717, 1.165) is 4.88 Å². The second-order valence-electron chi connectivity index (χ2n) is 3.69. The number of nitrogens with zero attached hydrogens (tertiary/aromatic N) is 1. The number of carbonyl (C=O) groups is 2. The molecule has 18 heavy (non-hydrogen) atoms. The van der Waals surface area contributed by atoms with Crippen LogP contribution in [0.4, 0.5) is 4.79 Å². The molecule has 1 aliphatic rings. The fraction of sp³-hybridized carbons (Fsp3) is 0.400. The third-order valence-corrected chi connectivity index (χ3v) is 4.71. The molecule has 0 saturated carbocycles. The van der Waals surface area contributed by atoms with E-state index in [1.54, 1.807) is 6.07 Å². The Bertz CT molecular complexity index is 466. The summed E-state index contributed by atoms with van der Waals surface area (Å²) >= 11 is 8.61. The lowest BCUT2D eigenvalue weighted by Gasteiger charge is -2.20. The van der Waals surface area contributed by atoms with Gasteiger partial charge in [0.1, 0.15) is 6.04 Å². The quantitative estimate of drug-likeness (QED) is 0.897. The number of aliphatic carboxylic acids is 1. The molecular weight excluding hydrogens is 296 g/mol. The first-order valence-electron chi connectivity index (χ1n) is 5.17. The number of nitrogens with one attached hydrogen (secondary N) is 1. The van der Waals surface area contributed by atoms with Gasteiger partial charge >= 0.3 is 12.0 Å². The molecule has 98 valence electrons. The van der Waals surface area contributed by atoms with Crippen molar-refractivity contribution in [2.45, 2.75) is 12.6 Å². The molecule has 8 heteroatoms. The first-order chi connectivity index (χ1) is 8.58. The molecule has 2 N–H and O–H groups in total. The van der Waals surface area contributed by atoms with Crippen molar-refractivity contribution in [3.8, 4) is 0 Å². The van der Waals surface area contributed by atoms with E-state index in [4.69, 9.17) is 16.7 Å². The molecule has 1 atom stereocenters. The Hall–Kier alpha value is -0.920. The van der Waals surface area contributed by atoms with Gasteiger partial charge in [-0.2, -0.15) is 0 Å². The smallest absolute Gasteiger partial charge is 0.327 e. The predicted octanol–water partition coefficient (Wildman–Crippen LogP) is 2.07. The van der Waals surface area contributed by atoms with Gasteiger partial charge in [-0.15, -0.1) is 23.1 Å². The number of halogens is 1. The first-order valence-corrected chi connectivity index (χ1v) is 7.52. The van der Waals surface area contributed by atoms with Crippen molar-refractivity contribution < 1.29 is 14.7 Å². The Morgan fingerprint density at radius 2 is 2.33 bits per heavy atom. The fourth-order valence-corrected chi connectivity index (χ4v) is 3.73. The predicted molar refractivity (Wildman–Crippen MR) is 72.2 cm³/mol. The van der Waals surface area contributed by atoms with Gasteiger partial charge in [-0.25, -0.2) is 9.59 Å². The SMILES string of the molecule is O=C(O)[C@@H]1CSCN1C(=O)NCc1ccc(Cl)s1. The van der Waals surface area contributed by atoms with Crippen LogP contribution in [-0.2, 0) is 11.3 Å². The van der Waals surface area contributed by atoms with Crippen LogP contribution in [0, 0.1) is 0 Å². The average molecular weight is 307 g/mol. The van der Waals surface area contributed by atoms with Crippen LogP contribution in [0.2, 0.25) is 4.34 Å². The van der Waals surface area contributed by atoms with Gasteiger partial charge in [0.15, 0.2) is 0 Å². The van der Waals surface area contributed by atoms with Crippen molar-refractivity contribution in [2.24, 2.45) is 0 Å². The van der Waals surface area contributed by atoms with Gasteiger partial charge in [-0.1, -0.05) is 11.6 Å². The highest BCUT2D eigenvalue weighted by Gasteiger charge is 2.34. The highest BCUT2D eigenvalue weighted by atomic mass is 35.5. The van der Waals surface area contributed by atoms with Crippen LogP contribution in [-0.4, -0.2) is 39.7 Å². The number of hydrogen-bond acceptors (Lipinski definition) is 4. The van der Waals surface area contributed by atoms with Crippen LogP contribution in [0.15, 0.2) is 12.1 Å². The highest BCUT2D eigenvalue weighted by Crippen LogP contribution is 2.23. The second kappa shape index (κ2) is 5.81. The molecule has 2 heterocycles. The number of carboxylic acid groups (broad SMARTS) is 1. The minimum atomic E-state index is -0.964. The zero-order valence-electron chi connectivity index (χ0n) is 9.26. The zero-order chi connectivity index (χ0) is 13.1. The lowest BCUT2D eigenvalue weighted by Crippen LogP contribution is -2.46. The third kappa shape index (κ3) is 3.09. The highest BCUT2D eigenvalue weighted by molar-refractivity contribution is 7.99. The van der Waals surface area contributed by atoms with Crippen LogP contribution in [0.5, 0.6) is 0 Å². The molecule has 0 bridgehead atoms. The molecule has 0 aliphatic carbocycles. The Labute approximate surface area is 117 Å². The third-order valence-electron chi connectivity index (χ3n) is 2.47. The second-order valence-corrected chi connectivity index (χ2v) is 6.49. The molecule has 0 spiro atoms. The number of hydrogen-bond donors (Lipinski definition) is 2. The molecule has 1 aromatic rings. The van der Waals surface area contributed by atoms with Gasteiger partial charge in [0.2, 0.25) is 0 Å². The maximum Gasteiger partial charge on any atom is 0.327 e. The summed E-state index contributed by atoms with van der Waals surface area (Å²) in [5, 5.41) is 11.7. The van der Waals surface area contributed by atoms with Crippen molar-refractivity contribution >= 4 is 46.7 Å². The molecule has 0 radical (unpaired) electrons. The summed E-state index contributed by atoms with van der Waals surface area (Å²) in [5.41, 5.74) is 0. The molecule has 5 nitrogen and oxygen atoms in total. The van der Waals surface area contributed by atoms with Crippen LogP contribution >= 0.6 is 34.7 Å². The van der Waals surface area contributed by atoms with Gasteiger partial charge in [-0.05, 0) is 12.1 Å². The monoisotopic (exact) mass is 306 g/mol. The molecule has 1 aliphatic heterocycles. The maximum atomic E-state index is 11.9. The molecule has 2 rings (SSSR count). The zero-order valence-corrected chi connectivity index (χ0v) is 11.6. The molecule has 1 fully saturated rings. The van der Waals surface area contributed by atoms with Crippen LogP contribution in [0.3, 0.4) is 0 Å². The van der Waals surface area contributed by atoms with Crippen molar-refractivity contribution in [2.75, 3.05) is 11.6 Å². The normalized spacial score (nSPS) is 18.9. The summed E-state index contributed by atoms with van der Waals surface area (Å²) in [6.45, 7) is 0.365. The van der Waals surface area contributed by atoms with Gasteiger partial charge in [0, 0.05) is 10.6 Å². The molecule has 2 amide bonds. The Morgan fingerprint density at radius 3 is 2.94 bits per heavy atom.